The molecule has 2 aliphatic heterocycles. The van der Waals surface area contributed by atoms with Crippen molar-refractivity contribution in [3.8, 4) is 0 Å². The third-order valence-corrected chi connectivity index (χ3v) is 5.62. The van der Waals surface area contributed by atoms with Crippen LogP contribution < -0.4 is 5.73 Å². The summed E-state index contributed by atoms with van der Waals surface area (Å²) in [5.41, 5.74) is 7.49. The molecule has 1 saturated heterocycles. The van der Waals surface area contributed by atoms with Gasteiger partial charge in [-0.25, -0.2) is 4.99 Å². The van der Waals surface area contributed by atoms with E-state index in [1.165, 1.54) is 0 Å². The zero-order chi connectivity index (χ0) is 17.5. The Kier molecular flexibility index (Phi) is 4.73. The first-order chi connectivity index (χ1) is 11.3. The Labute approximate surface area is 152 Å². The molecule has 24 heavy (non-hydrogen) atoms. The molecule has 2 aliphatic rings. The number of benzene rings is 1. The van der Waals surface area contributed by atoms with Gasteiger partial charge in [-0.1, -0.05) is 35.3 Å². The molecule has 0 bridgehead atoms. The molecule has 2 N–H and O–H groups in total. The normalized spacial score (nSPS) is 23.8. The number of nitrogens with zero attached hydrogens (tertiary/aromatic N) is 2. The van der Waals surface area contributed by atoms with Crippen LogP contribution in [0.4, 0.5) is 0 Å². The Balaban J connectivity index is 1.85. The summed E-state index contributed by atoms with van der Waals surface area (Å²) in [7, 11) is 0. The molecule has 128 valence electrons. The lowest BCUT2D eigenvalue weighted by atomic mass is 9.88. The summed E-state index contributed by atoms with van der Waals surface area (Å²) in [6.45, 7) is 5.55. The highest BCUT2D eigenvalue weighted by molar-refractivity contribution is 6.43. The lowest BCUT2D eigenvalue weighted by molar-refractivity contribution is -0.114. The quantitative estimate of drug-likeness (QED) is 0.867. The molecular weight excluding hydrogens is 345 g/mol. The van der Waals surface area contributed by atoms with Gasteiger partial charge in [-0.15, -0.1) is 0 Å². The SMILES string of the molecule is CC1=NC(N2CCC(C)(N)CC2)=CC(=O)C1c1cccc(Cl)c1Cl. The van der Waals surface area contributed by atoms with Gasteiger partial charge in [0.2, 0.25) is 0 Å². The topological polar surface area (TPSA) is 58.7 Å². The highest BCUT2D eigenvalue weighted by Crippen LogP contribution is 2.35. The van der Waals surface area contributed by atoms with Gasteiger partial charge in [0.05, 0.1) is 16.0 Å². The molecule has 0 radical (unpaired) electrons. The van der Waals surface area contributed by atoms with E-state index >= 15 is 0 Å². The van der Waals surface area contributed by atoms with Crippen LogP contribution in [0.1, 0.15) is 38.2 Å². The molecule has 2 heterocycles. The Morgan fingerprint density at radius 3 is 2.58 bits per heavy atom. The number of likely N-dealkylation sites (tertiary alicyclic amines) is 1. The number of nitrogens with two attached hydrogens (primary N) is 1. The van der Waals surface area contributed by atoms with E-state index < -0.39 is 5.92 Å². The van der Waals surface area contributed by atoms with Crippen molar-refractivity contribution in [3.63, 3.8) is 0 Å². The fourth-order valence-electron chi connectivity index (χ4n) is 3.22. The number of piperidine rings is 1. The van der Waals surface area contributed by atoms with Gasteiger partial charge in [0.15, 0.2) is 5.78 Å². The molecule has 0 saturated carbocycles. The first-order valence-corrected chi connectivity index (χ1v) is 8.82. The minimum absolute atomic E-state index is 0.0113. The monoisotopic (exact) mass is 365 g/mol. The summed E-state index contributed by atoms with van der Waals surface area (Å²) in [4.78, 5) is 19.5. The number of aliphatic imine (C=N–C) groups is 1. The molecule has 1 fully saturated rings. The minimum atomic E-state index is -0.468. The largest absolute Gasteiger partial charge is 0.356 e. The van der Waals surface area contributed by atoms with E-state index in [0.29, 0.717) is 15.6 Å². The molecule has 1 aromatic carbocycles. The van der Waals surface area contributed by atoms with Gasteiger partial charge >= 0.3 is 0 Å². The Morgan fingerprint density at radius 2 is 1.96 bits per heavy atom. The minimum Gasteiger partial charge on any atom is -0.356 e. The van der Waals surface area contributed by atoms with Crippen LogP contribution in [0, 0.1) is 0 Å². The fourth-order valence-corrected chi connectivity index (χ4v) is 3.64. The molecule has 0 amide bonds. The van der Waals surface area contributed by atoms with Crippen LogP contribution in [0.2, 0.25) is 10.0 Å². The summed E-state index contributed by atoms with van der Waals surface area (Å²) in [6, 6.07) is 5.34. The average molecular weight is 366 g/mol. The summed E-state index contributed by atoms with van der Waals surface area (Å²) < 4.78 is 0. The van der Waals surface area contributed by atoms with Gasteiger partial charge in [0.25, 0.3) is 0 Å². The lowest BCUT2D eigenvalue weighted by Crippen LogP contribution is -2.48. The lowest BCUT2D eigenvalue weighted by Gasteiger charge is -2.38. The van der Waals surface area contributed by atoms with E-state index in [4.69, 9.17) is 28.9 Å². The van der Waals surface area contributed by atoms with Gasteiger partial charge in [-0.2, -0.15) is 0 Å². The second-order valence-electron chi connectivity index (χ2n) is 6.88. The summed E-state index contributed by atoms with van der Waals surface area (Å²) >= 11 is 12.4. The van der Waals surface area contributed by atoms with Gasteiger partial charge < -0.3 is 10.6 Å². The number of carbonyl (C=O) groups is 1. The Morgan fingerprint density at radius 1 is 1.29 bits per heavy atom. The number of halogens is 2. The third kappa shape index (κ3) is 3.37. The zero-order valence-electron chi connectivity index (χ0n) is 13.9. The second-order valence-corrected chi connectivity index (χ2v) is 7.66. The first kappa shape index (κ1) is 17.5. The molecule has 1 unspecified atom stereocenters. The van der Waals surface area contributed by atoms with Crippen molar-refractivity contribution in [3.05, 3.63) is 45.7 Å². The molecule has 3 rings (SSSR count). The van der Waals surface area contributed by atoms with E-state index in [-0.39, 0.29) is 11.3 Å². The van der Waals surface area contributed by atoms with Crippen LogP contribution >= 0.6 is 23.2 Å². The maximum atomic E-state index is 12.7. The Hall–Kier alpha value is -1.36. The highest BCUT2D eigenvalue weighted by Gasteiger charge is 2.32. The van der Waals surface area contributed by atoms with Crippen LogP contribution in [0.15, 0.2) is 35.1 Å². The predicted octanol–water partition coefficient (Wildman–Crippen LogP) is 3.78. The molecular formula is C18H21Cl2N3O. The van der Waals surface area contributed by atoms with Gasteiger partial charge in [-0.05, 0) is 38.3 Å². The van der Waals surface area contributed by atoms with Crippen molar-refractivity contribution in [2.45, 2.75) is 38.1 Å². The molecule has 1 atom stereocenters. The fraction of sp³-hybridized carbons (Fsp3) is 0.444. The summed E-state index contributed by atoms with van der Waals surface area (Å²) in [5, 5.41) is 0.864. The number of carbonyl (C=O) groups excluding carboxylic acids is 1. The highest BCUT2D eigenvalue weighted by atomic mass is 35.5. The van der Waals surface area contributed by atoms with Crippen molar-refractivity contribution in [1.82, 2.24) is 4.90 Å². The van der Waals surface area contributed by atoms with Crippen molar-refractivity contribution in [2.24, 2.45) is 10.7 Å². The van der Waals surface area contributed by atoms with Gasteiger partial charge in [0, 0.05) is 30.4 Å². The standard InChI is InChI=1S/C18H21Cl2N3O/c1-11-16(12-4-3-5-13(19)17(12)20)14(24)10-15(22-11)23-8-6-18(2,21)7-9-23/h3-5,10,16H,6-9,21H2,1-2H3. The van der Waals surface area contributed by atoms with Gasteiger partial charge in [-0.3, -0.25) is 4.79 Å². The molecule has 0 aliphatic carbocycles. The van der Waals surface area contributed by atoms with Crippen LogP contribution in [-0.4, -0.2) is 35.0 Å². The number of allylic oxidation sites excluding steroid dienone is 1. The van der Waals surface area contributed by atoms with Crippen molar-refractivity contribution in [2.75, 3.05) is 13.1 Å². The Bertz CT molecular complexity index is 730. The van der Waals surface area contributed by atoms with Crippen molar-refractivity contribution < 1.29 is 4.79 Å². The predicted molar refractivity (Wildman–Crippen MR) is 98.8 cm³/mol. The van der Waals surface area contributed by atoms with E-state index in [9.17, 15) is 4.79 Å². The maximum absolute atomic E-state index is 12.7. The average Bonchev–Trinajstić information content (AvgIpc) is 2.50. The number of hydrogen-bond acceptors (Lipinski definition) is 4. The first-order valence-electron chi connectivity index (χ1n) is 8.07. The van der Waals surface area contributed by atoms with Crippen molar-refractivity contribution in [1.29, 1.82) is 0 Å². The van der Waals surface area contributed by atoms with Gasteiger partial charge in [0.1, 0.15) is 5.82 Å². The smallest absolute Gasteiger partial charge is 0.172 e. The molecule has 0 spiro atoms. The van der Waals surface area contributed by atoms with Crippen LogP contribution in [0.5, 0.6) is 0 Å². The third-order valence-electron chi connectivity index (χ3n) is 4.79. The number of ketones is 1. The van der Waals surface area contributed by atoms with Crippen molar-refractivity contribution >= 4 is 34.7 Å². The second kappa shape index (κ2) is 6.51. The summed E-state index contributed by atoms with van der Waals surface area (Å²) in [5.74, 6) is 0.245. The summed E-state index contributed by atoms with van der Waals surface area (Å²) in [6.07, 6.45) is 3.39. The van der Waals surface area contributed by atoms with E-state index in [0.717, 1.165) is 37.5 Å². The van der Waals surface area contributed by atoms with E-state index in [1.54, 1.807) is 18.2 Å². The van der Waals surface area contributed by atoms with E-state index in [2.05, 4.69) is 16.8 Å². The zero-order valence-corrected chi connectivity index (χ0v) is 15.4. The molecule has 1 aromatic rings. The molecule has 0 aromatic heterocycles. The van der Waals surface area contributed by atoms with Crippen LogP contribution in [0.3, 0.4) is 0 Å². The molecule has 6 heteroatoms. The molecule has 4 nitrogen and oxygen atoms in total. The van der Waals surface area contributed by atoms with Crippen LogP contribution in [0.25, 0.3) is 0 Å². The number of rotatable bonds is 2. The van der Waals surface area contributed by atoms with Crippen LogP contribution in [-0.2, 0) is 4.79 Å². The van der Waals surface area contributed by atoms with E-state index in [1.807, 2.05) is 13.0 Å². The number of hydrogen-bond donors (Lipinski definition) is 1. The maximum Gasteiger partial charge on any atom is 0.172 e.